The van der Waals surface area contributed by atoms with Gasteiger partial charge in [0.1, 0.15) is 17.6 Å². The number of para-hydroxylation sites is 1. The van der Waals surface area contributed by atoms with Crippen LogP contribution in [0.2, 0.25) is 0 Å². The first-order chi connectivity index (χ1) is 16.7. The summed E-state index contributed by atoms with van der Waals surface area (Å²) in [6, 6.07) is 21.6. The van der Waals surface area contributed by atoms with Gasteiger partial charge in [-0.15, -0.1) is 0 Å². The second-order valence-corrected chi connectivity index (χ2v) is 9.90. The predicted octanol–water partition coefficient (Wildman–Crippen LogP) is 4.90. The van der Waals surface area contributed by atoms with Crippen LogP contribution in [0.15, 0.2) is 78.9 Å². The van der Waals surface area contributed by atoms with Crippen molar-refractivity contribution in [3.05, 3.63) is 95.9 Å². The number of carbonyl (C=O) groups excluding carboxylic acids is 2. The van der Waals surface area contributed by atoms with Gasteiger partial charge in [0.15, 0.2) is 0 Å². The van der Waals surface area contributed by atoms with Crippen molar-refractivity contribution in [2.75, 3.05) is 4.90 Å². The molecule has 7 heteroatoms. The Morgan fingerprint density at radius 1 is 0.971 bits per heavy atom. The van der Waals surface area contributed by atoms with Gasteiger partial charge in [0, 0.05) is 16.6 Å². The Labute approximate surface area is 203 Å². The minimum absolute atomic E-state index is 0.271. The third-order valence-corrected chi connectivity index (χ3v) is 6.14. The monoisotopic (exact) mass is 470 g/mol. The summed E-state index contributed by atoms with van der Waals surface area (Å²) >= 11 is 0. The van der Waals surface area contributed by atoms with Crippen molar-refractivity contribution in [1.29, 1.82) is 0 Å². The molecule has 0 bridgehead atoms. The quantitative estimate of drug-likeness (QED) is 0.461. The number of nitrogens with zero attached hydrogens (tertiary/aromatic N) is 3. The minimum atomic E-state index is -0.865. The smallest absolute Gasteiger partial charge is 0.278 e. The van der Waals surface area contributed by atoms with Gasteiger partial charge >= 0.3 is 0 Å². The van der Waals surface area contributed by atoms with Gasteiger partial charge < -0.3 is 5.32 Å². The van der Waals surface area contributed by atoms with Gasteiger partial charge in [-0.1, -0.05) is 48.5 Å². The first-order valence-electron chi connectivity index (χ1n) is 11.7. The van der Waals surface area contributed by atoms with Crippen LogP contribution < -0.4 is 10.2 Å². The van der Waals surface area contributed by atoms with Gasteiger partial charge in [-0.05, 0) is 63.1 Å². The number of halogens is 1. The number of rotatable bonds is 4. The summed E-state index contributed by atoms with van der Waals surface area (Å²) in [6.07, 6.45) is 0.389. The molecule has 0 radical (unpaired) electrons. The van der Waals surface area contributed by atoms with Crippen LogP contribution in [-0.2, 0) is 11.2 Å². The molecule has 0 saturated carbocycles. The number of nitrogens with one attached hydrogen (secondary N) is 1. The SMILES string of the molecule is CC(C)(C)NC(=O)C1C(Cc2ccc(F)cc2)n2nc3ccccc3c2C(=O)N1c1ccccc1. The second kappa shape index (κ2) is 8.65. The Hall–Kier alpha value is -4.00. The van der Waals surface area contributed by atoms with Crippen LogP contribution in [0.3, 0.4) is 0 Å². The molecule has 0 saturated heterocycles. The average Bonchev–Trinajstić information content (AvgIpc) is 3.21. The summed E-state index contributed by atoms with van der Waals surface area (Å²) in [5, 5.41) is 8.57. The van der Waals surface area contributed by atoms with E-state index in [2.05, 4.69) is 5.32 Å². The van der Waals surface area contributed by atoms with Gasteiger partial charge in [0.25, 0.3) is 5.91 Å². The standard InChI is InChI=1S/C28H27FN4O2/c1-28(2,3)30-26(34)25-23(17-18-13-15-19(29)16-14-18)33-24(21-11-7-8-12-22(21)31-33)27(35)32(25)20-9-5-4-6-10-20/h4-16,23,25H,17H2,1-3H3,(H,30,34). The maximum absolute atomic E-state index is 14.1. The van der Waals surface area contributed by atoms with Crippen molar-refractivity contribution in [2.45, 2.75) is 44.8 Å². The maximum atomic E-state index is 14.1. The molecule has 0 aliphatic carbocycles. The second-order valence-electron chi connectivity index (χ2n) is 9.90. The fraction of sp³-hybridized carbons (Fsp3) is 0.250. The van der Waals surface area contributed by atoms with E-state index in [1.165, 1.54) is 12.1 Å². The molecule has 1 aliphatic rings. The zero-order valence-electron chi connectivity index (χ0n) is 19.9. The van der Waals surface area contributed by atoms with E-state index in [-0.39, 0.29) is 17.6 Å². The lowest BCUT2D eigenvalue weighted by atomic mass is 9.92. The first-order valence-corrected chi connectivity index (χ1v) is 11.7. The molecule has 1 aromatic heterocycles. The van der Waals surface area contributed by atoms with Crippen molar-refractivity contribution in [2.24, 2.45) is 0 Å². The fourth-order valence-electron chi connectivity index (χ4n) is 4.71. The van der Waals surface area contributed by atoms with Crippen LogP contribution in [0.5, 0.6) is 0 Å². The van der Waals surface area contributed by atoms with Gasteiger partial charge in [-0.25, -0.2) is 4.39 Å². The highest BCUT2D eigenvalue weighted by atomic mass is 19.1. The van der Waals surface area contributed by atoms with Crippen molar-refractivity contribution in [3.63, 3.8) is 0 Å². The summed E-state index contributed by atoms with van der Waals surface area (Å²) < 4.78 is 15.3. The first kappa shape index (κ1) is 22.8. The molecule has 2 amide bonds. The maximum Gasteiger partial charge on any atom is 0.278 e. The minimum Gasteiger partial charge on any atom is -0.350 e. The van der Waals surface area contributed by atoms with Crippen molar-refractivity contribution in [1.82, 2.24) is 15.1 Å². The third-order valence-electron chi connectivity index (χ3n) is 6.14. The highest BCUT2D eigenvalue weighted by Crippen LogP contribution is 2.37. The molecule has 3 aromatic carbocycles. The topological polar surface area (TPSA) is 67.2 Å². The lowest BCUT2D eigenvalue weighted by molar-refractivity contribution is -0.125. The van der Waals surface area contributed by atoms with Crippen LogP contribution in [0.1, 0.15) is 42.9 Å². The van der Waals surface area contributed by atoms with Crippen molar-refractivity contribution >= 4 is 28.4 Å². The van der Waals surface area contributed by atoms with Gasteiger partial charge in [0.2, 0.25) is 5.91 Å². The predicted molar refractivity (Wildman–Crippen MR) is 134 cm³/mol. The summed E-state index contributed by atoms with van der Waals surface area (Å²) in [7, 11) is 0. The molecule has 0 fully saturated rings. The highest BCUT2D eigenvalue weighted by molar-refractivity contribution is 6.16. The molecule has 2 heterocycles. The fourth-order valence-corrected chi connectivity index (χ4v) is 4.71. The third kappa shape index (κ3) is 4.30. The van der Waals surface area contributed by atoms with E-state index in [4.69, 9.17) is 5.10 Å². The molecule has 5 rings (SSSR count). The molecule has 35 heavy (non-hydrogen) atoms. The largest absolute Gasteiger partial charge is 0.350 e. The van der Waals surface area contributed by atoms with E-state index in [1.807, 2.05) is 75.4 Å². The van der Waals surface area contributed by atoms with E-state index < -0.39 is 17.6 Å². The molecule has 2 unspecified atom stereocenters. The molecule has 2 atom stereocenters. The molecular formula is C28H27FN4O2. The molecule has 1 N–H and O–H groups in total. The van der Waals surface area contributed by atoms with Gasteiger partial charge in [-0.2, -0.15) is 5.10 Å². The zero-order valence-corrected chi connectivity index (χ0v) is 19.9. The number of fused-ring (bicyclic) bond motifs is 3. The number of hydrogen-bond donors (Lipinski definition) is 1. The van der Waals surface area contributed by atoms with Crippen LogP contribution in [0, 0.1) is 5.82 Å². The van der Waals surface area contributed by atoms with Crippen molar-refractivity contribution < 1.29 is 14.0 Å². The van der Waals surface area contributed by atoms with Crippen molar-refractivity contribution in [3.8, 4) is 0 Å². The zero-order chi connectivity index (χ0) is 24.7. The Bertz CT molecular complexity index is 1390. The van der Waals surface area contributed by atoms with Crippen LogP contribution >= 0.6 is 0 Å². The Balaban J connectivity index is 1.73. The summed E-state index contributed by atoms with van der Waals surface area (Å²) in [6.45, 7) is 5.72. The Morgan fingerprint density at radius 3 is 2.31 bits per heavy atom. The van der Waals surface area contributed by atoms with E-state index in [0.717, 1.165) is 10.9 Å². The van der Waals surface area contributed by atoms with E-state index in [0.29, 0.717) is 23.3 Å². The van der Waals surface area contributed by atoms with Crippen LogP contribution in [-0.4, -0.2) is 33.2 Å². The molecule has 6 nitrogen and oxygen atoms in total. The number of aromatic nitrogens is 2. The van der Waals surface area contributed by atoms with E-state index in [1.54, 1.807) is 21.7 Å². The summed E-state index contributed by atoms with van der Waals surface area (Å²) in [4.78, 5) is 29.4. The molecule has 178 valence electrons. The molecule has 0 spiro atoms. The summed E-state index contributed by atoms with van der Waals surface area (Å²) in [5.41, 5.74) is 2.10. The van der Waals surface area contributed by atoms with Crippen LogP contribution in [0.25, 0.3) is 10.9 Å². The van der Waals surface area contributed by atoms with Crippen LogP contribution in [0.4, 0.5) is 10.1 Å². The molecule has 4 aromatic rings. The van der Waals surface area contributed by atoms with Gasteiger partial charge in [-0.3, -0.25) is 19.2 Å². The van der Waals surface area contributed by atoms with E-state index >= 15 is 0 Å². The molecule has 1 aliphatic heterocycles. The number of amides is 2. The number of benzene rings is 3. The average molecular weight is 471 g/mol. The van der Waals surface area contributed by atoms with E-state index in [9.17, 15) is 14.0 Å². The molecular weight excluding hydrogens is 443 g/mol. The summed E-state index contributed by atoms with van der Waals surface area (Å²) in [5.74, 6) is -0.882. The number of carbonyl (C=O) groups is 2. The Morgan fingerprint density at radius 2 is 1.63 bits per heavy atom. The number of hydrogen-bond acceptors (Lipinski definition) is 3. The number of anilines is 1. The highest BCUT2D eigenvalue weighted by Gasteiger charge is 2.46. The normalized spacial score (nSPS) is 17.9. The Kier molecular flexibility index (Phi) is 5.63. The lowest BCUT2D eigenvalue weighted by Gasteiger charge is -2.41. The van der Waals surface area contributed by atoms with Gasteiger partial charge in [0.05, 0.1) is 11.6 Å². The lowest BCUT2D eigenvalue weighted by Crippen LogP contribution is -2.60.